The van der Waals surface area contributed by atoms with Crippen molar-refractivity contribution in [1.82, 2.24) is 0 Å². The number of carboxylic acids is 1. The van der Waals surface area contributed by atoms with E-state index < -0.39 is 35.5 Å². The second-order valence-electron chi connectivity index (χ2n) is 5.86. The zero-order valence-electron chi connectivity index (χ0n) is 12.1. The molecule has 0 bridgehead atoms. The van der Waals surface area contributed by atoms with Gasteiger partial charge in [-0.3, -0.25) is 14.4 Å². The summed E-state index contributed by atoms with van der Waals surface area (Å²) in [4.78, 5) is 34.8. The molecule has 3 rings (SSSR count). The molecular weight excluding hydrogens is 288 g/mol. The molecule has 2 fully saturated rings. The van der Waals surface area contributed by atoms with Gasteiger partial charge in [-0.25, -0.2) is 0 Å². The molecule has 22 heavy (non-hydrogen) atoms. The van der Waals surface area contributed by atoms with E-state index in [4.69, 9.17) is 14.6 Å². The summed E-state index contributed by atoms with van der Waals surface area (Å²) in [7, 11) is 0. The monoisotopic (exact) mass is 304 g/mol. The SMILES string of the molecule is Cc1ccc([C@H]2OC(=O)C[C@@H]2OC(=O)C2(C(=O)O)CC2)cc1. The van der Waals surface area contributed by atoms with Gasteiger partial charge in [0.1, 0.15) is 0 Å². The molecule has 1 aromatic rings. The number of hydrogen-bond acceptors (Lipinski definition) is 5. The van der Waals surface area contributed by atoms with Crippen molar-refractivity contribution < 1.29 is 29.0 Å². The van der Waals surface area contributed by atoms with Gasteiger partial charge in [-0.2, -0.15) is 0 Å². The van der Waals surface area contributed by atoms with Crippen LogP contribution in [0.25, 0.3) is 0 Å². The molecule has 1 heterocycles. The smallest absolute Gasteiger partial charge is 0.323 e. The van der Waals surface area contributed by atoms with Gasteiger partial charge in [-0.05, 0) is 25.3 Å². The maximum Gasteiger partial charge on any atom is 0.323 e. The second-order valence-corrected chi connectivity index (χ2v) is 5.86. The number of aryl methyl sites for hydroxylation is 1. The minimum absolute atomic E-state index is 0.0556. The average molecular weight is 304 g/mol. The van der Waals surface area contributed by atoms with Crippen LogP contribution < -0.4 is 0 Å². The number of carbonyl (C=O) groups excluding carboxylic acids is 2. The molecule has 1 saturated carbocycles. The van der Waals surface area contributed by atoms with Crippen LogP contribution in [0.5, 0.6) is 0 Å². The van der Waals surface area contributed by atoms with Crippen molar-refractivity contribution in [1.29, 1.82) is 0 Å². The summed E-state index contributed by atoms with van der Waals surface area (Å²) in [5.41, 5.74) is 0.363. The van der Waals surface area contributed by atoms with Crippen molar-refractivity contribution in [3.05, 3.63) is 35.4 Å². The second kappa shape index (κ2) is 5.12. The van der Waals surface area contributed by atoms with E-state index in [9.17, 15) is 14.4 Å². The van der Waals surface area contributed by atoms with Crippen molar-refractivity contribution in [2.75, 3.05) is 0 Å². The van der Waals surface area contributed by atoms with E-state index in [0.717, 1.165) is 11.1 Å². The molecule has 1 aromatic carbocycles. The summed E-state index contributed by atoms with van der Waals surface area (Å²) in [6, 6.07) is 7.37. The maximum atomic E-state index is 12.1. The third-order valence-electron chi connectivity index (χ3n) is 4.18. The molecule has 2 aliphatic rings. The Morgan fingerprint density at radius 1 is 1.27 bits per heavy atom. The predicted molar refractivity (Wildman–Crippen MR) is 73.8 cm³/mol. The number of rotatable bonds is 4. The average Bonchev–Trinajstić information content (AvgIpc) is 3.20. The van der Waals surface area contributed by atoms with Crippen LogP contribution in [0.2, 0.25) is 0 Å². The summed E-state index contributed by atoms with van der Waals surface area (Å²) in [6.07, 6.45) is -0.961. The van der Waals surface area contributed by atoms with Crippen molar-refractivity contribution in [3.63, 3.8) is 0 Å². The number of aliphatic carboxylic acids is 1. The molecule has 1 aliphatic carbocycles. The normalized spacial score (nSPS) is 25.4. The van der Waals surface area contributed by atoms with Crippen molar-refractivity contribution >= 4 is 17.9 Å². The number of carbonyl (C=O) groups is 3. The summed E-state index contributed by atoms with van der Waals surface area (Å²) in [6.45, 7) is 1.94. The molecule has 0 amide bonds. The van der Waals surface area contributed by atoms with E-state index in [2.05, 4.69) is 0 Å². The molecule has 0 aromatic heterocycles. The lowest BCUT2D eigenvalue weighted by atomic mass is 10.0. The first-order chi connectivity index (χ1) is 10.4. The topological polar surface area (TPSA) is 89.9 Å². The highest BCUT2D eigenvalue weighted by molar-refractivity contribution is 6.02. The summed E-state index contributed by atoms with van der Waals surface area (Å²) in [5, 5.41) is 9.11. The van der Waals surface area contributed by atoms with Gasteiger partial charge >= 0.3 is 17.9 Å². The van der Waals surface area contributed by atoms with Gasteiger partial charge in [-0.1, -0.05) is 29.8 Å². The van der Waals surface area contributed by atoms with Gasteiger partial charge in [0.15, 0.2) is 17.6 Å². The van der Waals surface area contributed by atoms with Crippen LogP contribution in [0.3, 0.4) is 0 Å². The van der Waals surface area contributed by atoms with Crippen LogP contribution in [0, 0.1) is 12.3 Å². The molecule has 0 unspecified atom stereocenters. The van der Waals surface area contributed by atoms with E-state index in [1.165, 1.54) is 0 Å². The first-order valence-electron chi connectivity index (χ1n) is 7.13. The summed E-state index contributed by atoms with van der Waals surface area (Å²) >= 11 is 0. The number of cyclic esters (lactones) is 1. The maximum absolute atomic E-state index is 12.1. The Balaban J connectivity index is 1.77. The highest BCUT2D eigenvalue weighted by Gasteiger charge is 2.59. The summed E-state index contributed by atoms with van der Waals surface area (Å²) < 4.78 is 10.5. The van der Waals surface area contributed by atoms with E-state index in [-0.39, 0.29) is 19.3 Å². The van der Waals surface area contributed by atoms with E-state index in [1.807, 2.05) is 31.2 Å². The number of benzene rings is 1. The first kappa shape index (κ1) is 14.6. The van der Waals surface area contributed by atoms with Gasteiger partial charge in [0, 0.05) is 0 Å². The third-order valence-corrected chi connectivity index (χ3v) is 4.18. The minimum atomic E-state index is -1.43. The molecule has 2 atom stereocenters. The van der Waals surface area contributed by atoms with E-state index in [1.54, 1.807) is 0 Å². The molecule has 1 aliphatic heterocycles. The van der Waals surface area contributed by atoms with Gasteiger partial charge < -0.3 is 14.6 Å². The molecule has 0 radical (unpaired) electrons. The van der Waals surface area contributed by atoms with Crippen LogP contribution in [-0.2, 0) is 23.9 Å². The fourth-order valence-corrected chi connectivity index (χ4v) is 2.56. The lowest BCUT2D eigenvalue weighted by Crippen LogP contribution is -2.32. The fraction of sp³-hybridized carbons (Fsp3) is 0.438. The molecule has 6 nitrogen and oxygen atoms in total. The van der Waals surface area contributed by atoms with Crippen molar-refractivity contribution in [2.45, 2.75) is 38.4 Å². The molecular formula is C16H16O6. The van der Waals surface area contributed by atoms with E-state index >= 15 is 0 Å². The van der Waals surface area contributed by atoms with Crippen LogP contribution in [0.1, 0.15) is 36.5 Å². The third kappa shape index (κ3) is 2.45. The molecule has 0 spiro atoms. The van der Waals surface area contributed by atoms with Gasteiger partial charge in [-0.15, -0.1) is 0 Å². The Hall–Kier alpha value is -2.37. The number of carboxylic acid groups (broad SMARTS) is 1. The Morgan fingerprint density at radius 2 is 1.91 bits per heavy atom. The Bertz CT molecular complexity index is 629. The van der Waals surface area contributed by atoms with Crippen molar-refractivity contribution in [3.8, 4) is 0 Å². The largest absolute Gasteiger partial charge is 0.480 e. The van der Waals surface area contributed by atoms with Gasteiger partial charge in [0.25, 0.3) is 0 Å². The van der Waals surface area contributed by atoms with Crippen LogP contribution in [0.4, 0.5) is 0 Å². The Kier molecular flexibility index (Phi) is 3.39. The lowest BCUT2D eigenvalue weighted by Gasteiger charge is -2.20. The van der Waals surface area contributed by atoms with Crippen molar-refractivity contribution in [2.24, 2.45) is 5.41 Å². The van der Waals surface area contributed by atoms with Crippen LogP contribution in [-0.4, -0.2) is 29.1 Å². The molecule has 1 saturated heterocycles. The lowest BCUT2D eigenvalue weighted by molar-refractivity contribution is -0.167. The van der Waals surface area contributed by atoms with E-state index in [0.29, 0.717) is 0 Å². The Labute approximate surface area is 127 Å². The number of esters is 2. The minimum Gasteiger partial charge on any atom is -0.480 e. The van der Waals surface area contributed by atoms with Crippen LogP contribution >= 0.6 is 0 Å². The molecule has 116 valence electrons. The summed E-state index contributed by atoms with van der Waals surface area (Å²) in [5.74, 6) is -2.40. The van der Waals surface area contributed by atoms with Gasteiger partial charge in [0.05, 0.1) is 6.42 Å². The zero-order valence-corrected chi connectivity index (χ0v) is 12.1. The highest BCUT2D eigenvalue weighted by Crippen LogP contribution is 2.48. The predicted octanol–water partition coefficient (Wildman–Crippen LogP) is 1.76. The first-order valence-corrected chi connectivity index (χ1v) is 7.13. The zero-order chi connectivity index (χ0) is 15.9. The number of hydrogen-bond donors (Lipinski definition) is 1. The molecule has 1 N–H and O–H groups in total. The van der Waals surface area contributed by atoms with Crippen LogP contribution in [0.15, 0.2) is 24.3 Å². The van der Waals surface area contributed by atoms with Gasteiger partial charge in [0.2, 0.25) is 0 Å². The fourth-order valence-electron chi connectivity index (χ4n) is 2.56. The number of ether oxygens (including phenoxy) is 2. The highest BCUT2D eigenvalue weighted by atomic mass is 16.6. The quantitative estimate of drug-likeness (QED) is 0.673. The standard InChI is InChI=1S/C16H16O6/c1-9-2-4-10(5-3-9)13-11(8-12(17)22-13)21-15(20)16(6-7-16)14(18)19/h2-5,11,13H,6-8H2,1H3,(H,18,19)/t11-,13+/m0/s1. The molecule has 6 heteroatoms. The Morgan fingerprint density at radius 3 is 2.45 bits per heavy atom.